The lowest BCUT2D eigenvalue weighted by Gasteiger charge is -2.18. The lowest BCUT2D eigenvalue weighted by molar-refractivity contribution is -0.138. The maximum atomic E-state index is 10.9. The van der Waals surface area contributed by atoms with Crippen molar-refractivity contribution in [2.75, 3.05) is 27.2 Å². The number of likely N-dealkylation sites (N-methyl/N-ethyl adjacent to an activating group) is 1. The zero-order valence-electron chi connectivity index (χ0n) is 11.7. The SMILES string of the molecule is COc1ccc(C(N)C(=O)O)cc1OC1CCN(C)C1. The summed E-state index contributed by atoms with van der Waals surface area (Å²) in [5.74, 6) is 0.0598. The Morgan fingerprint density at radius 3 is 2.80 bits per heavy atom. The molecule has 0 spiro atoms. The Labute approximate surface area is 118 Å². The van der Waals surface area contributed by atoms with Crippen LogP contribution in [0.2, 0.25) is 0 Å². The van der Waals surface area contributed by atoms with Crippen molar-refractivity contribution in [1.82, 2.24) is 4.90 Å². The fourth-order valence-electron chi connectivity index (χ4n) is 2.29. The monoisotopic (exact) mass is 280 g/mol. The van der Waals surface area contributed by atoms with Crippen LogP contribution in [0, 0.1) is 0 Å². The van der Waals surface area contributed by atoms with Crippen LogP contribution in [0.3, 0.4) is 0 Å². The lowest BCUT2D eigenvalue weighted by atomic mass is 10.1. The summed E-state index contributed by atoms with van der Waals surface area (Å²) in [6, 6.07) is 3.92. The highest BCUT2D eigenvalue weighted by molar-refractivity contribution is 5.75. The van der Waals surface area contributed by atoms with Crippen molar-refractivity contribution in [1.29, 1.82) is 0 Å². The van der Waals surface area contributed by atoms with E-state index in [1.54, 1.807) is 25.3 Å². The summed E-state index contributed by atoms with van der Waals surface area (Å²) in [5.41, 5.74) is 6.12. The molecular weight excluding hydrogens is 260 g/mol. The van der Waals surface area contributed by atoms with Crippen molar-refractivity contribution in [3.63, 3.8) is 0 Å². The summed E-state index contributed by atoms with van der Waals surface area (Å²) in [4.78, 5) is 13.1. The molecule has 1 aliphatic rings. The molecule has 1 fully saturated rings. The standard InChI is InChI=1S/C14H20N2O4/c1-16-6-5-10(8-16)20-12-7-9(13(15)14(17)18)3-4-11(12)19-2/h3-4,7,10,13H,5-6,8,15H2,1-2H3,(H,17,18). The van der Waals surface area contributed by atoms with Gasteiger partial charge in [-0.3, -0.25) is 4.79 Å². The number of carbonyl (C=O) groups is 1. The van der Waals surface area contributed by atoms with Gasteiger partial charge in [0.15, 0.2) is 11.5 Å². The minimum absolute atomic E-state index is 0.0882. The van der Waals surface area contributed by atoms with E-state index in [0.717, 1.165) is 19.5 Å². The molecule has 3 N–H and O–H groups in total. The van der Waals surface area contributed by atoms with Gasteiger partial charge >= 0.3 is 5.97 Å². The fraction of sp³-hybridized carbons (Fsp3) is 0.500. The molecule has 6 nitrogen and oxygen atoms in total. The van der Waals surface area contributed by atoms with Crippen LogP contribution in [0.25, 0.3) is 0 Å². The van der Waals surface area contributed by atoms with Crippen molar-refractivity contribution in [2.45, 2.75) is 18.6 Å². The van der Waals surface area contributed by atoms with Crippen LogP contribution in [0.1, 0.15) is 18.0 Å². The van der Waals surface area contributed by atoms with E-state index in [4.69, 9.17) is 20.3 Å². The van der Waals surface area contributed by atoms with Crippen LogP contribution >= 0.6 is 0 Å². The van der Waals surface area contributed by atoms with Crippen molar-refractivity contribution < 1.29 is 19.4 Å². The largest absolute Gasteiger partial charge is 0.493 e. The molecule has 1 aromatic rings. The molecule has 0 aliphatic carbocycles. The molecular formula is C14H20N2O4. The van der Waals surface area contributed by atoms with E-state index in [2.05, 4.69) is 4.90 Å². The molecule has 1 aliphatic heterocycles. The van der Waals surface area contributed by atoms with Gasteiger partial charge < -0.3 is 25.2 Å². The number of rotatable bonds is 5. The Hall–Kier alpha value is -1.79. The fourth-order valence-corrected chi connectivity index (χ4v) is 2.29. The van der Waals surface area contributed by atoms with E-state index in [-0.39, 0.29) is 6.10 Å². The summed E-state index contributed by atoms with van der Waals surface area (Å²) in [7, 11) is 3.59. The average Bonchev–Trinajstić information content (AvgIpc) is 2.83. The third kappa shape index (κ3) is 3.20. The molecule has 2 unspecified atom stereocenters. The first-order chi connectivity index (χ1) is 9.51. The van der Waals surface area contributed by atoms with Crippen molar-refractivity contribution in [3.05, 3.63) is 23.8 Å². The van der Waals surface area contributed by atoms with E-state index in [9.17, 15) is 4.79 Å². The first kappa shape index (κ1) is 14.6. The summed E-state index contributed by atoms with van der Waals surface area (Å²) < 4.78 is 11.2. The number of hydrogen-bond acceptors (Lipinski definition) is 5. The minimum atomic E-state index is -1.07. The highest BCUT2D eigenvalue weighted by atomic mass is 16.5. The van der Waals surface area contributed by atoms with E-state index >= 15 is 0 Å². The topological polar surface area (TPSA) is 85.0 Å². The summed E-state index contributed by atoms with van der Waals surface area (Å²) >= 11 is 0. The third-order valence-corrected chi connectivity index (χ3v) is 3.45. The van der Waals surface area contributed by atoms with Gasteiger partial charge in [-0.15, -0.1) is 0 Å². The van der Waals surface area contributed by atoms with Gasteiger partial charge in [-0.05, 0) is 31.2 Å². The van der Waals surface area contributed by atoms with Crippen molar-refractivity contribution in [3.8, 4) is 11.5 Å². The average molecular weight is 280 g/mol. The number of benzene rings is 1. The molecule has 2 atom stereocenters. The van der Waals surface area contributed by atoms with Gasteiger partial charge in [-0.25, -0.2) is 0 Å². The van der Waals surface area contributed by atoms with Gasteiger partial charge in [0.1, 0.15) is 12.1 Å². The molecule has 2 rings (SSSR count). The zero-order valence-corrected chi connectivity index (χ0v) is 11.7. The Balaban J connectivity index is 2.20. The quantitative estimate of drug-likeness (QED) is 0.832. The first-order valence-electron chi connectivity index (χ1n) is 6.52. The molecule has 110 valence electrons. The summed E-state index contributed by atoms with van der Waals surface area (Å²) in [5, 5.41) is 8.97. The Morgan fingerprint density at radius 1 is 1.50 bits per heavy atom. The van der Waals surface area contributed by atoms with Gasteiger partial charge in [0.05, 0.1) is 7.11 Å². The summed E-state index contributed by atoms with van der Waals surface area (Å²) in [6.07, 6.45) is 1.03. The normalized spacial score (nSPS) is 20.6. The smallest absolute Gasteiger partial charge is 0.325 e. The van der Waals surface area contributed by atoms with Gasteiger partial charge in [0, 0.05) is 13.1 Å². The van der Waals surface area contributed by atoms with Crippen LogP contribution < -0.4 is 15.2 Å². The predicted molar refractivity (Wildman–Crippen MR) is 74.1 cm³/mol. The Morgan fingerprint density at radius 2 is 2.25 bits per heavy atom. The number of ether oxygens (including phenoxy) is 2. The van der Waals surface area contributed by atoms with E-state index < -0.39 is 12.0 Å². The van der Waals surface area contributed by atoms with Gasteiger partial charge in [-0.2, -0.15) is 0 Å². The predicted octanol–water partition coefficient (Wildman–Crippen LogP) is 0.862. The maximum absolute atomic E-state index is 10.9. The van der Waals surface area contributed by atoms with Gasteiger partial charge in [0.25, 0.3) is 0 Å². The number of hydrogen-bond donors (Lipinski definition) is 2. The van der Waals surface area contributed by atoms with Gasteiger partial charge in [0.2, 0.25) is 0 Å². The Kier molecular flexibility index (Phi) is 4.46. The van der Waals surface area contributed by atoms with Crippen LogP contribution in [-0.4, -0.2) is 49.3 Å². The number of carboxylic acids is 1. The summed E-state index contributed by atoms with van der Waals surface area (Å²) in [6.45, 7) is 1.83. The molecule has 1 aromatic carbocycles. The van der Waals surface area contributed by atoms with Crippen LogP contribution in [0.4, 0.5) is 0 Å². The Bertz CT molecular complexity index is 492. The van der Waals surface area contributed by atoms with Crippen LogP contribution in [0.5, 0.6) is 11.5 Å². The lowest BCUT2D eigenvalue weighted by Crippen LogP contribution is -2.23. The second-order valence-corrected chi connectivity index (χ2v) is 5.02. The molecule has 20 heavy (non-hydrogen) atoms. The van der Waals surface area contributed by atoms with Crippen LogP contribution in [0.15, 0.2) is 18.2 Å². The van der Waals surface area contributed by atoms with Crippen LogP contribution in [-0.2, 0) is 4.79 Å². The molecule has 6 heteroatoms. The van der Waals surface area contributed by atoms with E-state index in [1.165, 1.54) is 0 Å². The molecule has 0 saturated carbocycles. The molecule has 0 aromatic heterocycles. The number of methoxy groups -OCH3 is 1. The van der Waals surface area contributed by atoms with Gasteiger partial charge in [-0.1, -0.05) is 6.07 Å². The van der Waals surface area contributed by atoms with Crippen molar-refractivity contribution >= 4 is 5.97 Å². The number of carboxylic acid groups (broad SMARTS) is 1. The van der Waals surface area contributed by atoms with E-state index in [0.29, 0.717) is 17.1 Å². The molecule has 0 amide bonds. The zero-order chi connectivity index (χ0) is 14.7. The minimum Gasteiger partial charge on any atom is -0.493 e. The molecule has 1 heterocycles. The number of aliphatic carboxylic acids is 1. The number of likely N-dealkylation sites (tertiary alicyclic amines) is 1. The van der Waals surface area contributed by atoms with Crippen molar-refractivity contribution in [2.24, 2.45) is 5.73 Å². The molecule has 1 saturated heterocycles. The second kappa shape index (κ2) is 6.11. The number of nitrogens with zero attached hydrogens (tertiary/aromatic N) is 1. The first-order valence-corrected chi connectivity index (χ1v) is 6.52. The highest BCUT2D eigenvalue weighted by Gasteiger charge is 2.23. The number of nitrogens with two attached hydrogens (primary N) is 1. The molecule has 0 radical (unpaired) electrons. The highest BCUT2D eigenvalue weighted by Crippen LogP contribution is 2.31. The molecule has 0 bridgehead atoms. The second-order valence-electron chi connectivity index (χ2n) is 5.02. The third-order valence-electron chi connectivity index (χ3n) is 3.45. The maximum Gasteiger partial charge on any atom is 0.325 e. The van der Waals surface area contributed by atoms with E-state index in [1.807, 2.05) is 7.05 Å².